The van der Waals surface area contributed by atoms with Gasteiger partial charge in [0.15, 0.2) is 0 Å². The highest BCUT2D eigenvalue weighted by Crippen LogP contribution is 2.62. The van der Waals surface area contributed by atoms with E-state index >= 15 is 0 Å². The van der Waals surface area contributed by atoms with Crippen LogP contribution in [0.15, 0.2) is 0 Å². The van der Waals surface area contributed by atoms with Gasteiger partial charge < -0.3 is 9.05 Å². The van der Waals surface area contributed by atoms with E-state index in [0.717, 1.165) is 18.6 Å². The van der Waals surface area contributed by atoms with Crippen molar-refractivity contribution in [2.24, 2.45) is 0 Å². The molecule has 0 aromatic heterocycles. The van der Waals surface area contributed by atoms with Crippen molar-refractivity contribution in [3.63, 3.8) is 0 Å². The minimum Gasteiger partial charge on any atom is -0.305 e. The maximum absolute atomic E-state index is 12.6. The van der Waals surface area contributed by atoms with Crippen molar-refractivity contribution in [1.82, 2.24) is 0 Å². The first-order chi connectivity index (χ1) is 6.94. The number of thioether (sulfide) groups is 1. The summed E-state index contributed by atoms with van der Waals surface area (Å²) in [5.74, 6) is 1.07. The van der Waals surface area contributed by atoms with Gasteiger partial charge in [0.2, 0.25) is 0 Å². The third kappa shape index (κ3) is 4.10. The lowest BCUT2D eigenvalue weighted by molar-refractivity contribution is 0.141. The maximum Gasteiger partial charge on any atom is 0.344 e. The zero-order valence-electron chi connectivity index (χ0n) is 9.93. The van der Waals surface area contributed by atoms with Crippen LogP contribution in [0.1, 0.15) is 40.5 Å². The van der Waals surface area contributed by atoms with Gasteiger partial charge in [-0.25, -0.2) is 0 Å². The highest BCUT2D eigenvalue weighted by atomic mass is 32.2. The highest BCUT2D eigenvalue weighted by molar-refractivity contribution is 8.05. The number of hydrogen-bond donors (Lipinski definition) is 0. The van der Waals surface area contributed by atoms with Gasteiger partial charge in [-0.15, -0.1) is 11.8 Å². The molecule has 0 bridgehead atoms. The Kier molecular flexibility index (Phi) is 5.17. The Labute approximate surface area is 96.8 Å². The zero-order valence-corrected chi connectivity index (χ0v) is 11.6. The van der Waals surface area contributed by atoms with E-state index in [1.807, 2.05) is 27.7 Å². The van der Waals surface area contributed by atoms with Gasteiger partial charge in [0.1, 0.15) is 4.99 Å². The van der Waals surface area contributed by atoms with Gasteiger partial charge in [-0.3, -0.25) is 4.57 Å². The van der Waals surface area contributed by atoms with Crippen molar-refractivity contribution in [3.8, 4) is 0 Å². The van der Waals surface area contributed by atoms with Crippen molar-refractivity contribution in [3.05, 3.63) is 0 Å². The van der Waals surface area contributed by atoms with E-state index in [1.165, 1.54) is 0 Å². The van der Waals surface area contributed by atoms with E-state index in [-0.39, 0.29) is 17.2 Å². The van der Waals surface area contributed by atoms with E-state index in [4.69, 9.17) is 9.05 Å². The molecule has 90 valence electrons. The van der Waals surface area contributed by atoms with Crippen LogP contribution in [0.25, 0.3) is 0 Å². The molecule has 0 radical (unpaired) electrons. The molecule has 1 fully saturated rings. The second-order valence-corrected chi connectivity index (χ2v) is 8.10. The standard InChI is InChI=1S/C10H21O3PS/c1-8(2)12-14(11,13-9(3)4)10-6-5-7-15-10/h8-10H,5-7H2,1-4H3. The second kappa shape index (κ2) is 5.72. The summed E-state index contributed by atoms with van der Waals surface area (Å²) in [6.45, 7) is 7.60. The lowest BCUT2D eigenvalue weighted by atomic mass is 10.4. The van der Waals surface area contributed by atoms with Crippen LogP contribution in [0.2, 0.25) is 0 Å². The quantitative estimate of drug-likeness (QED) is 0.695. The minimum absolute atomic E-state index is 0.0438. The summed E-state index contributed by atoms with van der Waals surface area (Å²) in [5.41, 5.74) is 0. The number of hydrogen-bond acceptors (Lipinski definition) is 4. The van der Waals surface area contributed by atoms with E-state index in [0.29, 0.717) is 0 Å². The van der Waals surface area contributed by atoms with Crippen molar-refractivity contribution >= 4 is 19.4 Å². The van der Waals surface area contributed by atoms with Gasteiger partial charge in [0, 0.05) is 0 Å². The largest absolute Gasteiger partial charge is 0.344 e. The molecule has 1 aliphatic heterocycles. The van der Waals surface area contributed by atoms with Crippen LogP contribution >= 0.6 is 19.4 Å². The van der Waals surface area contributed by atoms with Gasteiger partial charge >= 0.3 is 7.60 Å². The first-order valence-electron chi connectivity index (χ1n) is 5.52. The third-order valence-electron chi connectivity index (χ3n) is 1.97. The van der Waals surface area contributed by atoms with Crippen LogP contribution < -0.4 is 0 Å². The van der Waals surface area contributed by atoms with Crippen LogP contribution in [0, 0.1) is 0 Å². The second-order valence-electron chi connectivity index (χ2n) is 4.32. The van der Waals surface area contributed by atoms with Gasteiger partial charge in [-0.05, 0) is 46.3 Å². The molecule has 0 amide bonds. The molecule has 3 nitrogen and oxygen atoms in total. The van der Waals surface area contributed by atoms with Crippen LogP contribution in [0.4, 0.5) is 0 Å². The molecule has 0 saturated carbocycles. The van der Waals surface area contributed by atoms with E-state index in [9.17, 15) is 4.57 Å². The van der Waals surface area contributed by atoms with Crippen molar-refractivity contribution < 1.29 is 13.6 Å². The van der Waals surface area contributed by atoms with Crippen LogP contribution in [-0.4, -0.2) is 23.0 Å². The van der Waals surface area contributed by atoms with Crippen molar-refractivity contribution in [1.29, 1.82) is 0 Å². The summed E-state index contributed by atoms with van der Waals surface area (Å²) in [6.07, 6.45) is 1.97. The molecule has 0 N–H and O–H groups in total. The third-order valence-corrected chi connectivity index (χ3v) is 6.74. The molecule has 1 saturated heterocycles. The van der Waals surface area contributed by atoms with E-state index in [2.05, 4.69) is 0 Å². The smallest absolute Gasteiger partial charge is 0.305 e. The van der Waals surface area contributed by atoms with E-state index < -0.39 is 7.60 Å². The molecule has 5 heteroatoms. The SMILES string of the molecule is CC(C)OP(=O)(OC(C)C)C1CCCS1. The summed E-state index contributed by atoms with van der Waals surface area (Å²) in [6, 6.07) is 0. The molecule has 0 spiro atoms. The number of rotatable bonds is 5. The summed E-state index contributed by atoms with van der Waals surface area (Å²) < 4.78 is 23.7. The van der Waals surface area contributed by atoms with E-state index in [1.54, 1.807) is 11.8 Å². The Hall–Kier alpha value is 0.500. The van der Waals surface area contributed by atoms with Gasteiger partial charge in [-0.1, -0.05) is 0 Å². The Morgan fingerprint density at radius 2 is 1.73 bits per heavy atom. The molecule has 15 heavy (non-hydrogen) atoms. The average molecular weight is 252 g/mol. The highest BCUT2D eigenvalue weighted by Gasteiger charge is 2.40. The molecule has 1 heterocycles. The summed E-state index contributed by atoms with van der Waals surface area (Å²) in [4.78, 5) is 0.0438. The molecule has 0 aromatic rings. The molecule has 1 aliphatic rings. The van der Waals surface area contributed by atoms with Crippen molar-refractivity contribution in [2.45, 2.75) is 57.7 Å². The summed E-state index contributed by atoms with van der Waals surface area (Å²) in [5, 5.41) is 0. The lowest BCUT2D eigenvalue weighted by Gasteiger charge is -2.26. The Morgan fingerprint density at radius 1 is 1.20 bits per heavy atom. The van der Waals surface area contributed by atoms with Gasteiger partial charge in [-0.2, -0.15) is 0 Å². The molecule has 1 unspecified atom stereocenters. The Bertz CT molecular complexity index is 223. The average Bonchev–Trinajstić information content (AvgIpc) is 2.51. The monoisotopic (exact) mass is 252 g/mol. The Balaban J connectivity index is 2.70. The molecule has 1 atom stereocenters. The molecular weight excluding hydrogens is 231 g/mol. The molecule has 1 rings (SSSR count). The van der Waals surface area contributed by atoms with Crippen molar-refractivity contribution in [2.75, 3.05) is 5.75 Å². The topological polar surface area (TPSA) is 35.5 Å². The normalized spacial score (nSPS) is 22.9. The fraction of sp³-hybridized carbons (Fsp3) is 1.00. The minimum atomic E-state index is -2.92. The maximum atomic E-state index is 12.6. The first-order valence-corrected chi connectivity index (χ1v) is 8.18. The fourth-order valence-electron chi connectivity index (χ4n) is 1.56. The molecule has 0 aliphatic carbocycles. The lowest BCUT2D eigenvalue weighted by Crippen LogP contribution is -2.14. The van der Waals surface area contributed by atoms with Crippen LogP contribution in [0.5, 0.6) is 0 Å². The predicted octanol–water partition coefficient (Wildman–Crippen LogP) is 3.88. The summed E-state index contributed by atoms with van der Waals surface area (Å²) in [7, 11) is -2.92. The van der Waals surface area contributed by atoms with Crippen LogP contribution in [0.3, 0.4) is 0 Å². The molecule has 0 aromatic carbocycles. The van der Waals surface area contributed by atoms with Gasteiger partial charge in [0.25, 0.3) is 0 Å². The molecular formula is C10H21O3PS. The van der Waals surface area contributed by atoms with Gasteiger partial charge in [0.05, 0.1) is 12.2 Å². The summed E-state index contributed by atoms with van der Waals surface area (Å²) >= 11 is 1.72. The zero-order chi connectivity index (χ0) is 11.5. The van der Waals surface area contributed by atoms with Crippen LogP contribution in [-0.2, 0) is 13.6 Å². The predicted molar refractivity (Wildman–Crippen MR) is 65.5 cm³/mol. The first kappa shape index (κ1) is 13.6. The Morgan fingerprint density at radius 3 is 2.07 bits per heavy atom. The fourth-order valence-corrected chi connectivity index (χ4v) is 5.84.